The van der Waals surface area contributed by atoms with E-state index in [1.807, 2.05) is 27.7 Å². The van der Waals surface area contributed by atoms with Gasteiger partial charge >= 0.3 is 5.97 Å². The van der Waals surface area contributed by atoms with Crippen molar-refractivity contribution < 1.29 is 23.1 Å². The Kier molecular flexibility index (Phi) is 8.67. The van der Waals surface area contributed by atoms with Crippen LogP contribution >= 0.6 is 23.4 Å². The fourth-order valence-electron chi connectivity index (χ4n) is 2.46. The molecule has 2 aromatic rings. The molecule has 0 bridgehead atoms. The minimum absolute atomic E-state index is 0.0517. The van der Waals surface area contributed by atoms with Crippen LogP contribution in [0.3, 0.4) is 0 Å². The fraction of sp³-hybridized carbons (Fsp3) is 0.364. The second-order valence-corrected chi connectivity index (χ2v) is 9.12. The zero-order valence-electron chi connectivity index (χ0n) is 17.2. The highest BCUT2D eigenvalue weighted by Crippen LogP contribution is 2.37. The normalized spacial score (nSPS) is 12.2. The van der Waals surface area contributed by atoms with Crippen molar-refractivity contribution in [2.45, 2.75) is 37.8 Å². The van der Waals surface area contributed by atoms with E-state index in [1.165, 1.54) is 24.3 Å². The van der Waals surface area contributed by atoms with Gasteiger partial charge in [-0.15, -0.1) is 11.8 Å². The topological polar surface area (TPSA) is 55.4 Å². The summed E-state index contributed by atoms with van der Waals surface area (Å²) in [4.78, 5) is 25.3. The molecule has 0 radical (unpaired) electrons. The summed E-state index contributed by atoms with van der Waals surface area (Å²) in [6, 6.07) is 7.50. The van der Waals surface area contributed by atoms with Gasteiger partial charge in [-0.1, -0.05) is 45.4 Å². The van der Waals surface area contributed by atoms with Crippen molar-refractivity contribution in [1.82, 2.24) is 0 Å². The van der Waals surface area contributed by atoms with Gasteiger partial charge in [-0.05, 0) is 42.2 Å². The lowest BCUT2D eigenvalue weighted by atomic mass is 10.1. The van der Waals surface area contributed by atoms with Crippen molar-refractivity contribution in [3.63, 3.8) is 0 Å². The zero-order chi connectivity index (χ0) is 22.4. The largest absolute Gasteiger partial charge is 0.465 e. The van der Waals surface area contributed by atoms with Crippen LogP contribution in [0.25, 0.3) is 0 Å². The predicted octanol–water partition coefficient (Wildman–Crippen LogP) is 6.19. The van der Waals surface area contributed by atoms with Gasteiger partial charge in [0.25, 0.3) is 5.91 Å². The molecule has 0 aromatic heterocycles. The van der Waals surface area contributed by atoms with Crippen LogP contribution in [0.5, 0.6) is 0 Å². The maximum absolute atomic E-state index is 14.4. The van der Waals surface area contributed by atoms with Crippen molar-refractivity contribution in [3.05, 3.63) is 58.6 Å². The van der Waals surface area contributed by atoms with E-state index in [0.29, 0.717) is 11.5 Å². The summed E-state index contributed by atoms with van der Waals surface area (Å²) in [6.45, 7) is 7.93. The van der Waals surface area contributed by atoms with Crippen LogP contribution in [-0.2, 0) is 9.53 Å². The molecule has 0 spiro atoms. The third-order valence-corrected chi connectivity index (χ3v) is 6.01. The highest BCUT2D eigenvalue weighted by atomic mass is 35.5. The summed E-state index contributed by atoms with van der Waals surface area (Å²) < 4.78 is 33.1. The van der Waals surface area contributed by atoms with Crippen LogP contribution in [-0.4, -0.2) is 23.7 Å². The lowest BCUT2D eigenvalue weighted by molar-refractivity contribution is -0.144. The first-order chi connectivity index (χ1) is 14.1. The second kappa shape index (κ2) is 10.8. The van der Waals surface area contributed by atoms with Crippen molar-refractivity contribution in [2.75, 3.05) is 11.9 Å². The van der Waals surface area contributed by atoms with E-state index >= 15 is 0 Å². The number of nitrogens with one attached hydrogen (secondary N) is 1. The number of thioether (sulfide) groups is 1. The molecule has 0 heterocycles. The van der Waals surface area contributed by atoms with Crippen LogP contribution < -0.4 is 5.32 Å². The Bertz CT molecular complexity index is 921. The molecular formula is C22H24ClF2NO3S. The SMILES string of the molecule is CC(C)COC(=O)C(Sc1cc(NC(=O)c2cccc(F)c2)c(F)cc1Cl)C(C)C. The number of amides is 1. The molecule has 8 heteroatoms. The average molecular weight is 456 g/mol. The lowest BCUT2D eigenvalue weighted by Gasteiger charge is -2.21. The number of benzene rings is 2. The van der Waals surface area contributed by atoms with Gasteiger partial charge in [0.2, 0.25) is 0 Å². The molecule has 0 saturated heterocycles. The van der Waals surface area contributed by atoms with Gasteiger partial charge in [-0.25, -0.2) is 8.78 Å². The molecule has 1 amide bonds. The number of hydrogen-bond acceptors (Lipinski definition) is 4. The van der Waals surface area contributed by atoms with Gasteiger partial charge in [-0.3, -0.25) is 9.59 Å². The maximum Gasteiger partial charge on any atom is 0.319 e. The molecule has 0 fully saturated rings. The molecule has 0 aliphatic heterocycles. The molecule has 162 valence electrons. The average Bonchev–Trinajstić information content (AvgIpc) is 2.66. The van der Waals surface area contributed by atoms with Crippen molar-refractivity contribution >= 4 is 40.9 Å². The molecule has 1 N–H and O–H groups in total. The monoisotopic (exact) mass is 455 g/mol. The van der Waals surface area contributed by atoms with E-state index < -0.39 is 22.8 Å². The summed E-state index contributed by atoms with van der Waals surface area (Å²) in [5.74, 6) is -2.22. The number of rotatable bonds is 8. The number of esters is 1. The van der Waals surface area contributed by atoms with Crippen LogP contribution in [0.4, 0.5) is 14.5 Å². The zero-order valence-corrected chi connectivity index (χ0v) is 18.7. The van der Waals surface area contributed by atoms with Gasteiger partial charge in [0, 0.05) is 10.5 Å². The summed E-state index contributed by atoms with van der Waals surface area (Å²) in [7, 11) is 0. The Labute approximate surface area is 184 Å². The van der Waals surface area contributed by atoms with Crippen molar-refractivity contribution in [1.29, 1.82) is 0 Å². The summed E-state index contributed by atoms with van der Waals surface area (Å²) in [6.07, 6.45) is 0. The summed E-state index contributed by atoms with van der Waals surface area (Å²) >= 11 is 7.33. The fourth-order valence-corrected chi connectivity index (χ4v) is 3.81. The van der Waals surface area contributed by atoms with E-state index in [0.717, 1.165) is 23.9 Å². The van der Waals surface area contributed by atoms with E-state index in [1.54, 1.807) is 0 Å². The van der Waals surface area contributed by atoms with E-state index in [4.69, 9.17) is 16.3 Å². The predicted molar refractivity (Wildman–Crippen MR) is 116 cm³/mol. The summed E-state index contributed by atoms with van der Waals surface area (Å²) in [5, 5.41) is 1.98. The first-order valence-electron chi connectivity index (χ1n) is 9.47. The van der Waals surface area contributed by atoms with E-state index in [2.05, 4.69) is 5.32 Å². The van der Waals surface area contributed by atoms with Gasteiger partial charge in [-0.2, -0.15) is 0 Å². The molecule has 30 heavy (non-hydrogen) atoms. The van der Waals surface area contributed by atoms with Crippen molar-refractivity contribution in [3.8, 4) is 0 Å². The second-order valence-electron chi connectivity index (χ2n) is 7.53. The quantitative estimate of drug-likeness (QED) is 0.381. The molecule has 0 aliphatic carbocycles. The Morgan fingerprint density at radius 2 is 1.83 bits per heavy atom. The Balaban J connectivity index is 2.24. The van der Waals surface area contributed by atoms with E-state index in [9.17, 15) is 18.4 Å². The van der Waals surface area contributed by atoms with Crippen LogP contribution in [0.1, 0.15) is 38.1 Å². The minimum Gasteiger partial charge on any atom is -0.465 e. The molecule has 0 saturated carbocycles. The van der Waals surface area contributed by atoms with Crippen LogP contribution in [0.2, 0.25) is 5.02 Å². The smallest absolute Gasteiger partial charge is 0.319 e. The first-order valence-corrected chi connectivity index (χ1v) is 10.7. The standard InChI is InChI=1S/C22H24ClF2NO3S/c1-12(2)11-29-22(28)20(13(3)4)30-19-10-18(17(25)9-16(19)23)26-21(27)14-6-5-7-15(24)8-14/h5-10,12-13,20H,11H2,1-4H3,(H,26,27). The van der Waals surface area contributed by atoms with Gasteiger partial charge < -0.3 is 10.1 Å². The highest BCUT2D eigenvalue weighted by Gasteiger charge is 2.27. The number of halogens is 3. The number of hydrogen-bond donors (Lipinski definition) is 1. The molecule has 0 aliphatic rings. The van der Waals surface area contributed by atoms with Gasteiger partial charge in [0.15, 0.2) is 0 Å². The number of ether oxygens (including phenoxy) is 1. The molecule has 1 atom stereocenters. The molecular weight excluding hydrogens is 432 g/mol. The third-order valence-electron chi connectivity index (χ3n) is 4.01. The lowest BCUT2D eigenvalue weighted by Crippen LogP contribution is -2.27. The maximum atomic E-state index is 14.4. The molecule has 2 rings (SSSR count). The molecule has 4 nitrogen and oxygen atoms in total. The Morgan fingerprint density at radius 1 is 1.13 bits per heavy atom. The molecule has 2 aromatic carbocycles. The van der Waals surface area contributed by atoms with Gasteiger partial charge in [0.05, 0.1) is 17.3 Å². The highest BCUT2D eigenvalue weighted by molar-refractivity contribution is 8.00. The summed E-state index contributed by atoms with van der Waals surface area (Å²) in [5.41, 5.74) is -0.0647. The Morgan fingerprint density at radius 3 is 2.43 bits per heavy atom. The minimum atomic E-state index is -0.738. The van der Waals surface area contributed by atoms with E-state index in [-0.39, 0.29) is 34.1 Å². The van der Waals surface area contributed by atoms with Gasteiger partial charge in [0.1, 0.15) is 16.9 Å². The number of carbonyl (C=O) groups is 2. The van der Waals surface area contributed by atoms with Crippen molar-refractivity contribution in [2.24, 2.45) is 11.8 Å². The number of carbonyl (C=O) groups excluding carboxylic acids is 2. The van der Waals surface area contributed by atoms with Crippen LogP contribution in [0, 0.1) is 23.5 Å². The number of anilines is 1. The third kappa shape index (κ3) is 6.71. The molecule has 1 unspecified atom stereocenters. The first kappa shape index (κ1) is 24.2. The van der Waals surface area contributed by atoms with Crippen LogP contribution in [0.15, 0.2) is 41.3 Å². The Hall–Kier alpha value is -2.12.